The van der Waals surface area contributed by atoms with Crippen molar-refractivity contribution >= 4 is 11.6 Å². The summed E-state index contributed by atoms with van der Waals surface area (Å²) in [5.41, 5.74) is 2.47. The molecule has 26 heavy (non-hydrogen) atoms. The van der Waals surface area contributed by atoms with E-state index in [1.165, 1.54) is 5.56 Å². The molecule has 0 radical (unpaired) electrons. The number of methoxy groups -OCH3 is 1. The summed E-state index contributed by atoms with van der Waals surface area (Å²) < 4.78 is 11.6. The highest BCUT2D eigenvalue weighted by Crippen LogP contribution is 2.37. The molecule has 1 heterocycles. The smallest absolute Gasteiger partial charge is 0.118 e. The SMILES string of the molecule is COc1ccc(COC2CNCC(C(C)C)C2c2ccc(Cl)cc2)cc1. The van der Waals surface area contributed by atoms with Gasteiger partial charge in [-0.3, -0.25) is 0 Å². The van der Waals surface area contributed by atoms with Crippen molar-refractivity contribution in [3.63, 3.8) is 0 Å². The molecule has 0 saturated carbocycles. The number of benzene rings is 2. The first-order valence-corrected chi connectivity index (χ1v) is 9.67. The van der Waals surface area contributed by atoms with E-state index in [9.17, 15) is 0 Å². The largest absolute Gasteiger partial charge is 0.497 e. The molecule has 2 aromatic carbocycles. The van der Waals surface area contributed by atoms with Crippen LogP contribution in [-0.2, 0) is 11.3 Å². The van der Waals surface area contributed by atoms with Gasteiger partial charge in [-0.2, -0.15) is 0 Å². The maximum Gasteiger partial charge on any atom is 0.118 e. The van der Waals surface area contributed by atoms with E-state index in [2.05, 4.69) is 43.4 Å². The van der Waals surface area contributed by atoms with Crippen molar-refractivity contribution in [2.75, 3.05) is 20.2 Å². The molecule has 1 saturated heterocycles. The number of piperidine rings is 1. The Kier molecular flexibility index (Phi) is 6.58. The van der Waals surface area contributed by atoms with Gasteiger partial charge < -0.3 is 14.8 Å². The summed E-state index contributed by atoms with van der Waals surface area (Å²) in [6, 6.07) is 16.3. The van der Waals surface area contributed by atoms with Crippen molar-refractivity contribution < 1.29 is 9.47 Å². The van der Waals surface area contributed by atoms with Crippen LogP contribution in [-0.4, -0.2) is 26.3 Å². The van der Waals surface area contributed by atoms with E-state index in [4.69, 9.17) is 21.1 Å². The predicted octanol–water partition coefficient (Wildman–Crippen LogP) is 4.89. The molecule has 3 unspecified atom stereocenters. The van der Waals surface area contributed by atoms with Crippen LogP contribution in [0.25, 0.3) is 0 Å². The summed E-state index contributed by atoms with van der Waals surface area (Å²) in [4.78, 5) is 0. The van der Waals surface area contributed by atoms with E-state index in [-0.39, 0.29) is 6.10 Å². The number of rotatable bonds is 6. The third kappa shape index (κ3) is 4.59. The van der Waals surface area contributed by atoms with Gasteiger partial charge in [0.1, 0.15) is 5.75 Å². The van der Waals surface area contributed by atoms with E-state index in [1.807, 2.05) is 24.3 Å². The monoisotopic (exact) mass is 373 g/mol. The van der Waals surface area contributed by atoms with E-state index < -0.39 is 0 Å². The number of hydrogen-bond acceptors (Lipinski definition) is 3. The average Bonchev–Trinajstić information content (AvgIpc) is 2.67. The number of ether oxygens (including phenoxy) is 2. The van der Waals surface area contributed by atoms with Crippen LogP contribution in [0.15, 0.2) is 48.5 Å². The second-order valence-electron chi connectivity index (χ2n) is 7.34. The van der Waals surface area contributed by atoms with Crippen LogP contribution < -0.4 is 10.1 Å². The predicted molar refractivity (Wildman–Crippen MR) is 107 cm³/mol. The van der Waals surface area contributed by atoms with Crippen molar-refractivity contribution in [3.8, 4) is 5.75 Å². The van der Waals surface area contributed by atoms with Crippen molar-refractivity contribution in [2.45, 2.75) is 32.5 Å². The fourth-order valence-electron chi connectivity index (χ4n) is 3.81. The molecule has 1 aliphatic rings. The Labute approximate surface area is 161 Å². The highest BCUT2D eigenvalue weighted by atomic mass is 35.5. The summed E-state index contributed by atoms with van der Waals surface area (Å²) in [6.45, 7) is 7.08. The Morgan fingerprint density at radius 2 is 1.73 bits per heavy atom. The fraction of sp³-hybridized carbons (Fsp3) is 0.455. The van der Waals surface area contributed by atoms with Gasteiger partial charge in [0.05, 0.1) is 19.8 Å². The third-order valence-electron chi connectivity index (χ3n) is 5.32. The van der Waals surface area contributed by atoms with E-state index in [0.29, 0.717) is 24.4 Å². The Bertz CT molecular complexity index is 684. The van der Waals surface area contributed by atoms with Crippen LogP contribution in [0.3, 0.4) is 0 Å². The highest BCUT2D eigenvalue weighted by Gasteiger charge is 2.36. The van der Waals surface area contributed by atoms with Gasteiger partial charge in [0.25, 0.3) is 0 Å². The van der Waals surface area contributed by atoms with E-state index in [0.717, 1.165) is 29.4 Å². The van der Waals surface area contributed by atoms with Crippen LogP contribution in [0.5, 0.6) is 5.75 Å². The lowest BCUT2D eigenvalue weighted by molar-refractivity contribution is -0.0134. The lowest BCUT2D eigenvalue weighted by atomic mass is 9.74. The first-order valence-electron chi connectivity index (χ1n) is 9.29. The molecule has 0 spiro atoms. The second-order valence-corrected chi connectivity index (χ2v) is 7.78. The molecule has 4 heteroatoms. The molecule has 3 rings (SSSR count). The minimum absolute atomic E-state index is 0.138. The Balaban J connectivity index is 1.76. The van der Waals surface area contributed by atoms with Crippen molar-refractivity contribution in [3.05, 3.63) is 64.7 Å². The van der Waals surface area contributed by atoms with Crippen molar-refractivity contribution in [1.29, 1.82) is 0 Å². The summed E-state index contributed by atoms with van der Waals surface area (Å²) in [6.07, 6.45) is 0.138. The number of nitrogens with one attached hydrogen (secondary N) is 1. The molecule has 0 aliphatic carbocycles. The van der Waals surface area contributed by atoms with E-state index >= 15 is 0 Å². The zero-order valence-corrected chi connectivity index (χ0v) is 16.5. The molecule has 1 aliphatic heterocycles. The maximum absolute atomic E-state index is 6.38. The quantitative estimate of drug-likeness (QED) is 0.781. The topological polar surface area (TPSA) is 30.5 Å². The van der Waals surface area contributed by atoms with Gasteiger partial charge in [0.15, 0.2) is 0 Å². The molecule has 0 bridgehead atoms. The summed E-state index contributed by atoms with van der Waals surface area (Å²) in [5.74, 6) is 2.35. The summed E-state index contributed by atoms with van der Waals surface area (Å²) in [7, 11) is 1.68. The molecular weight excluding hydrogens is 346 g/mol. The van der Waals surface area contributed by atoms with Crippen LogP contribution in [0, 0.1) is 11.8 Å². The fourth-order valence-corrected chi connectivity index (χ4v) is 3.93. The van der Waals surface area contributed by atoms with Gasteiger partial charge >= 0.3 is 0 Å². The molecule has 2 aromatic rings. The Morgan fingerprint density at radius 1 is 1.04 bits per heavy atom. The van der Waals surface area contributed by atoms with Gasteiger partial charge in [0, 0.05) is 17.5 Å². The summed E-state index contributed by atoms with van der Waals surface area (Å²) >= 11 is 6.10. The Hall–Kier alpha value is -1.55. The zero-order chi connectivity index (χ0) is 18.5. The highest BCUT2D eigenvalue weighted by molar-refractivity contribution is 6.30. The van der Waals surface area contributed by atoms with Gasteiger partial charge in [-0.05, 0) is 53.8 Å². The van der Waals surface area contributed by atoms with Gasteiger partial charge in [-0.15, -0.1) is 0 Å². The Morgan fingerprint density at radius 3 is 2.35 bits per heavy atom. The van der Waals surface area contributed by atoms with Gasteiger partial charge in [0.2, 0.25) is 0 Å². The van der Waals surface area contributed by atoms with E-state index in [1.54, 1.807) is 7.11 Å². The van der Waals surface area contributed by atoms with Crippen LogP contribution in [0.4, 0.5) is 0 Å². The van der Waals surface area contributed by atoms with Gasteiger partial charge in [-0.25, -0.2) is 0 Å². The lowest BCUT2D eigenvalue weighted by Crippen LogP contribution is -2.48. The minimum atomic E-state index is 0.138. The van der Waals surface area contributed by atoms with Crippen molar-refractivity contribution in [1.82, 2.24) is 5.32 Å². The standard InChI is InChI=1S/C22H28ClNO2/c1-15(2)20-12-24-13-21(22(20)17-6-8-18(23)9-7-17)26-14-16-4-10-19(25-3)11-5-16/h4-11,15,20-22,24H,12-14H2,1-3H3. The molecular formula is C22H28ClNO2. The molecule has 0 aromatic heterocycles. The van der Waals surface area contributed by atoms with Crippen LogP contribution in [0.2, 0.25) is 5.02 Å². The summed E-state index contributed by atoms with van der Waals surface area (Å²) in [5, 5.41) is 4.34. The normalized spacial score (nSPS) is 23.2. The third-order valence-corrected chi connectivity index (χ3v) is 5.57. The molecule has 140 valence electrons. The minimum Gasteiger partial charge on any atom is -0.497 e. The van der Waals surface area contributed by atoms with Crippen molar-refractivity contribution in [2.24, 2.45) is 11.8 Å². The average molecular weight is 374 g/mol. The molecule has 1 N–H and O–H groups in total. The molecule has 3 atom stereocenters. The van der Waals surface area contributed by atoms with Crippen LogP contribution in [0.1, 0.15) is 30.9 Å². The maximum atomic E-state index is 6.38. The lowest BCUT2D eigenvalue weighted by Gasteiger charge is -2.41. The van der Waals surface area contributed by atoms with Gasteiger partial charge in [-0.1, -0.05) is 49.7 Å². The second kappa shape index (κ2) is 8.90. The zero-order valence-electron chi connectivity index (χ0n) is 15.7. The molecule has 1 fully saturated rings. The first-order chi connectivity index (χ1) is 12.6. The number of hydrogen-bond donors (Lipinski definition) is 1. The number of halogens is 1. The molecule has 3 nitrogen and oxygen atoms in total. The first kappa shape index (κ1) is 19.2. The molecule has 0 amide bonds. The van der Waals surface area contributed by atoms with Crippen LogP contribution >= 0.6 is 11.6 Å².